The lowest BCUT2D eigenvalue weighted by Gasteiger charge is -2.17. The topological polar surface area (TPSA) is 20.3 Å². The standard InChI is InChI=1S/C11H13ClFNO/c1-8-7-9(3-4-10(8)13)14(2)11(15)5-6-12/h3-4,7H,5-6H2,1-2H3. The van der Waals surface area contributed by atoms with E-state index in [-0.39, 0.29) is 18.1 Å². The van der Waals surface area contributed by atoms with Gasteiger partial charge < -0.3 is 4.90 Å². The molecule has 0 saturated carbocycles. The molecular formula is C11H13ClFNO. The predicted molar refractivity (Wildman–Crippen MR) is 59.9 cm³/mol. The second-order valence-electron chi connectivity index (χ2n) is 3.33. The molecule has 0 fully saturated rings. The van der Waals surface area contributed by atoms with Crippen LogP contribution >= 0.6 is 11.6 Å². The van der Waals surface area contributed by atoms with Crippen molar-refractivity contribution in [1.29, 1.82) is 0 Å². The molecule has 1 aromatic rings. The molecule has 0 aliphatic heterocycles. The lowest BCUT2D eigenvalue weighted by molar-refractivity contribution is -0.117. The molecule has 0 bridgehead atoms. The number of hydrogen-bond acceptors (Lipinski definition) is 1. The monoisotopic (exact) mass is 229 g/mol. The van der Waals surface area contributed by atoms with Gasteiger partial charge in [-0.25, -0.2) is 4.39 Å². The molecule has 0 aromatic heterocycles. The average Bonchev–Trinajstić information content (AvgIpc) is 2.21. The van der Waals surface area contributed by atoms with Crippen molar-refractivity contribution < 1.29 is 9.18 Å². The van der Waals surface area contributed by atoms with E-state index in [0.717, 1.165) is 0 Å². The summed E-state index contributed by atoms with van der Waals surface area (Å²) in [6.07, 6.45) is 0.286. The first-order valence-corrected chi connectivity index (χ1v) is 5.18. The normalized spacial score (nSPS) is 10.1. The van der Waals surface area contributed by atoms with Crippen molar-refractivity contribution >= 4 is 23.2 Å². The molecule has 1 rings (SSSR count). The van der Waals surface area contributed by atoms with Crippen LogP contribution in [0.3, 0.4) is 0 Å². The van der Waals surface area contributed by atoms with Crippen molar-refractivity contribution in [2.45, 2.75) is 13.3 Å². The van der Waals surface area contributed by atoms with E-state index in [0.29, 0.717) is 17.1 Å². The number of alkyl halides is 1. The number of rotatable bonds is 3. The Kier molecular flexibility index (Phi) is 4.09. The van der Waals surface area contributed by atoms with Crippen LogP contribution in [-0.2, 0) is 4.79 Å². The lowest BCUT2D eigenvalue weighted by atomic mass is 10.2. The molecule has 2 nitrogen and oxygen atoms in total. The minimum absolute atomic E-state index is 0.0731. The summed E-state index contributed by atoms with van der Waals surface area (Å²) < 4.78 is 13.0. The van der Waals surface area contributed by atoms with E-state index >= 15 is 0 Å². The van der Waals surface area contributed by atoms with Gasteiger partial charge in [-0.3, -0.25) is 4.79 Å². The maximum absolute atomic E-state index is 13.0. The van der Waals surface area contributed by atoms with Crippen LogP contribution in [0.4, 0.5) is 10.1 Å². The highest BCUT2D eigenvalue weighted by Gasteiger charge is 2.10. The minimum Gasteiger partial charge on any atom is -0.315 e. The number of aryl methyl sites for hydroxylation is 1. The molecule has 0 spiro atoms. The number of amides is 1. The Morgan fingerprint density at radius 3 is 2.73 bits per heavy atom. The molecular weight excluding hydrogens is 217 g/mol. The van der Waals surface area contributed by atoms with Gasteiger partial charge in [0.1, 0.15) is 5.82 Å². The van der Waals surface area contributed by atoms with Crippen LogP contribution in [0.15, 0.2) is 18.2 Å². The summed E-state index contributed by atoms with van der Waals surface area (Å²) in [5, 5.41) is 0. The fraction of sp³-hybridized carbons (Fsp3) is 0.364. The van der Waals surface area contributed by atoms with E-state index in [2.05, 4.69) is 0 Å². The lowest BCUT2D eigenvalue weighted by Crippen LogP contribution is -2.26. The number of benzene rings is 1. The largest absolute Gasteiger partial charge is 0.315 e. The molecule has 0 aliphatic rings. The summed E-state index contributed by atoms with van der Waals surface area (Å²) in [6, 6.07) is 4.57. The third kappa shape index (κ3) is 2.93. The summed E-state index contributed by atoms with van der Waals surface area (Å²) in [5.74, 6) is -0.0449. The first-order chi connectivity index (χ1) is 7.06. The first kappa shape index (κ1) is 12.0. The van der Waals surface area contributed by atoms with E-state index in [1.807, 2.05) is 0 Å². The van der Waals surface area contributed by atoms with Crippen molar-refractivity contribution in [1.82, 2.24) is 0 Å². The molecule has 4 heteroatoms. The van der Waals surface area contributed by atoms with E-state index in [1.54, 1.807) is 26.1 Å². The summed E-state index contributed by atoms with van der Waals surface area (Å²) in [7, 11) is 1.65. The Balaban J connectivity index is 2.86. The summed E-state index contributed by atoms with van der Waals surface area (Å²) >= 11 is 5.48. The molecule has 1 amide bonds. The summed E-state index contributed by atoms with van der Waals surface area (Å²) in [4.78, 5) is 13.0. The van der Waals surface area contributed by atoms with Gasteiger partial charge in [-0.15, -0.1) is 11.6 Å². The van der Waals surface area contributed by atoms with Crippen molar-refractivity contribution in [3.8, 4) is 0 Å². The minimum atomic E-state index is -0.267. The number of hydrogen-bond donors (Lipinski definition) is 0. The molecule has 0 saturated heterocycles. The van der Waals surface area contributed by atoms with Gasteiger partial charge in [0.2, 0.25) is 5.91 Å². The van der Waals surface area contributed by atoms with Crippen LogP contribution in [0.25, 0.3) is 0 Å². The molecule has 1 aromatic carbocycles. The van der Waals surface area contributed by atoms with Crippen LogP contribution in [0.1, 0.15) is 12.0 Å². The third-order valence-electron chi connectivity index (χ3n) is 2.21. The van der Waals surface area contributed by atoms with Gasteiger partial charge in [-0.1, -0.05) is 0 Å². The summed E-state index contributed by atoms with van der Waals surface area (Å²) in [6.45, 7) is 1.67. The van der Waals surface area contributed by atoms with E-state index in [1.165, 1.54) is 11.0 Å². The van der Waals surface area contributed by atoms with Crippen LogP contribution < -0.4 is 4.90 Å². The van der Waals surface area contributed by atoms with E-state index in [9.17, 15) is 9.18 Å². The zero-order chi connectivity index (χ0) is 11.4. The molecule has 0 radical (unpaired) electrons. The Morgan fingerprint density at radius 1 is 1.53 bits per heavy atom. The van der Waals surface area contributed by atoms with Gasteiger partial charge in [0.25, 0.3) is 0 Å². The SMILES string of the molecule is Cc1cc(N(C)C(=O)CCCl)ccc1F. The smallest absolute Gasteiger partial charge is 0.227 e. The zero-order valence-corrected chi connectivity index (χ0v) is 9.51. The van der Waals surface area contributed by atoms with Crippen molar-refractivity contribution in [2.75, 3.05) is 17.8 Å². The molecule has 0 N–H and O–H groups in total. The number of nitrogens with zero attached hydrogens (tertiary/aromatic N) is 1. The Hall–Kier alpha value is -1.09. The van der Waals surface area contributed by atoms with Gasteiger partial charge in [0, 0.05) is 25.0 Å². The van der Waals surface area contributed by atoms with Crippen LogP contribution in [0.2, 0.25) is 0 Å². The fourth-order valence-electron chi connectivity index (χ4n) is 1.23. The molecule has 82 valence electrons. The highest BCUT2D eigenvalue weighted by atomic mass is 35.5. The van der Waals surface area contributed by atoms with Gasteiger partial charge >= 0.3 is 0 Å². The predicted octanol–water partition coefficient (Wildman–Crippen LogP) is 2.73. The van der Waals surface area contributed by atoms with Crippen molar-refractivity contribution in [3.63, 3.8) is 0 Å². The Labute approximate surface area is 93.6 Å². The van der Waals surface area contributed by atoms with Gasteiger partial charge in [0.05, 0.1) is 0 Å². The van der Waals surface area contributed by atoms with Gasteiger partial charge in [-0.05, 0) is 30.7 Å². The highest BCUT2D eigenvalue weighted by molar-refractivity contribution is 6.19. The second kappa shape index (κ2) is 5.12. The molecule has 0 aliphatic carbocycles. The van der Waals surface area contributed by atoms with Crippen LogP contribution in [-0.4, -0.2) is 18.8 Å². The molecule has 0 heterocycles. The van der Waals surface area contributed by atoms with Gasteiger partial charge in [-0.2, -0.15) is 0 Å². The van der Waals surface area contributed by atoms with Crippen molar-refractivity contribution in [2.24, 2.45) is 0 Å². The molecule has 15 heavy (non-hydrogen) atoms. The first-order valence-electron chi connectivity index (χ1n) is 4.65. The Morgan fingerprint density at radius 2 is 2.20 bits per heavy atom. The van der Waals surface area contributed by atoms with Gasteiger partial charge in [0.15, 0.2) is 0 Å². The van der Waals surface area contributed by atoms with E-state index in [4.69, 9.17) is 11.6 Å². The number of halogens is 2. The molecule has 0 unspecified atom stereocenters. The summed E-state index contributed by atoms with van der Waals surface area (Å²) in [5.41, 5.74) is 1.21. The Bertz CT molecular complexity index is 368. The zero-order valence-electron chi connectivity index (χ0n) is 8.76. The quantitative estimate of drug-likeness (QED) is 0.730. The van der Waals surface area contributed by atoms with E-state index < -0.39 is 0 Å². The van der Waals surface area contributed by atoms with Crippen LogP contribution in [0, 0.1) is 12.7 Å². The molecule has 0 atom stereocenters. The number of carbonyl (C=O) groups excluding carboxylic acids is 1. The maximum atomic E-state index is 13.0. The fourth-order valence-corrected chi connectivity index (χ4v) is 1.39. The average molecular weight is 230 g/mol. The number of carbonyl (C=O) groups is 1. The number of anilines is 1. The third-order valence-corrected chi connectivity index (χ3v) is 2.40. The van der Waals surface area contributed by atoms with Crippen LogP contribution in [0.5, 0.6) is 0 Å². The second-order valence-corrected chi connectivity index (χ2v) is 3.70. The maximum Gasteiger partial charge on any atom is 0.227 e. The van der Waals surface area contributed by atoms with Crippen molar-refractivity contribution in [3.05, 3.63) is 29.6 Å². The highest BCUT2D eigenvalue weighted by Crippen LogP contribution is 2.17.